The summed E-state index contributed by atoms with van der Waals surface area (Å²) in [6.45, 7) is 6.66. The van der Waals surface area contributed by atoms with Crippen LogP contribution in [0.25, 0.3) is 20.5 Å². The number of aryl methyl sites for hydroxylation is 1. The van der Waals surface area contributed by atoms with Crippen LogP contribution in [0.3, 0.4) is 0 Å². The Balaban J connectivity index is 0.999. The summed E-state index contributed by atoms with van der Waals surface area (Å²) >= 11 is 1.78. The van der Waals surface area contributed by atoms with Gasteiger partial charge in [-0.1, -0.05) is 78.9 Å². The Morgan fingerprint density at radius 2 is 1.49 bits per heavy atom. The lowest BCUT2D eigenvalue weighted by Crippen LogP contribution is -2.42. The van der Waals surface area contributed by atoms with Crippen molar-refractivity contribution in [3.05, 3.63) is 155 Å². The van der Waals surface area contributed by atoms with Gasteiger partial charge in [0.2, 0.25) is 0 Å². The maximum Gasteiger partial charge on any atom is 0.418 e. The minimum Gasteiger partial charge on any atom is -0.491 e. The summed E-state index contributed by atoms with van der Waals surface area (Å²) in [5, 5.41) is 3.97. The van der Waals surface area contributed by atoms with E-state index in [0.29, 0.717) is 12.4 Å². The van der Waals surface area contributed by atoms with Gasteiger partial charge in [-0.15, -0.1) is 11.3 Å². The number of carbonyl (C=O) groups excluding carboxylic acids is 2. The predicted octanol–water partition coefficient (Wildman–Crippen LogP) is 9.75. The second kappa shape index (κ2) is 16.8. The van der Waals surface area contributed by atoms with Crippen LogP contribution in [0.4, 0.5) is 9.59 Å². The van der Waals surface area contributed by atoms with E-state index in [1.807, 2.05) is 60.7 Å². The lowest BCUT2D eigenvalue weighted by atomic mass is 9.96. The van der Waals surface area contributed by atoms with Crippen molar-refractivity contribution in [3.63, 3.8) is 0 Å². The van der Waals surface area contributed by atoms with Gasteiger partial charge < -0.3 is 19.5 Å². The van der Waals surface area contributed by atoms with Crippen molar-refractivity contribution in [2.75, 3.05) is 26.2 Å². The zero-order chi connectivity index (χ0) is 37.6. The third-order valence-corrected chi connectivity index (χ3v) is 11.7. The molecule has 5 aromatic carbocycles. The van der Waals surface area contributed by atoms with Crippen LogP contribution in [0, 0.1) is 6.92 Å². The highest BCUT2D eigenvalue weighted by atomic mass is 32.1. The molecule has 2 saturated heterocycles. The second-order valence-corrected chi connectivity index (χ2v) is 15.4. The Morgan fingerprint density at radius 3 is 2.22 bits per heavy atom. The van der Waals surface area contributed by atoms with Crippen molar-refractivity contribution in [3.8, 4) is 21.9 Å². The zero-order valence-corrected chi connectivity index (χ0v) is 31.9. The molecule has 2 aliphatic heterocycles. The van der Waals surface area contributed by atoms with E-state index in [9.17, 15) is 9.59 Å². The molecule has 1 N–H and O–H groups in total. The van der Waals surface area contributed by atoms with Crippen molar-refractivity contribution in [1.82, 2.24) is 15.1 Å². The first kappa shape index (κ1) is 36.3. The molecule has 1 aromatic heterocycles. The number of benzene rings is 5. The van der Waals surface area contributed by atoms with Gasteiger partial charge >= 0.3 is 12.1 Å². The van der Waals surface area contributed by atoms with E-state index in [2.05, 4.69) is 77.8 Å². The number of likely N-dealkylation sites (tertiary alicyclic amines) is 1. The fourth-order valence-corrected chi connectivity index (χ4v) is 8.65. The first-order chi connectivity index (χ1) is 27.0. The molecule has 6 aromatic rings. The summed E-state index contributed by atoms with van der Waals surface area (Å²) in [7, 11) is 0. The Bertz CT molecular complexity index is 2250. The van der Waals surface area contributed by atoms with Gasteiger partial charge in [-0.2, -0.15) is 0 Å². The van der Waals surface area contributed by atoms with Gasteiger partial charge in [0.25, 0.3) is 0 Å². The number of urea groups is 1. The summed E-state index contributed by atoms with van der Waals surface area (Å²) < 4.78 is 19.0. The molecule has 0 saturated carbocycles. The largest absolute Gasteiger partial charge is 0.491 e. The Hall–Kier alpha value is -5.64. The first-order valence-electron chi connectivity index (χ1n) is 19.0. The van der Waals surface area contributed by atoms with E-state index >= 15 is 0 Å². The summed E-state index contributed by atoms with van der Waals surface area (Å²) in [4.78, 5) is 30.3. The molecule has 55 heavy (non-hydrogen) atoms. The van der Waals surface area contributed by atoms with Crippen molar-refractivity contribution < 1.29 is 23.8 Å². The van der Waals surface area contributed by atoms with Crippen LogP contribution < -0.4 is 14.8 Å². The molecule has 0 bridgehead atoms. The molecule has 8 rings (SSSR count). The average Bonchev–Trinajstić information content (AvgIpc) is 3.96. The number of rotatable bonds is 13. The number of carbonyl (C=O) groups is 2. The fourth-order valence-electron chi connectivity index (χ4n) is 7.40. The van der Waals surface area contributed by atoms with Gasteiger partial charge in [0, 0.05) is 22.7 Å². The predicted molar refractivity (Wildman–Crippen MR) is 218 cm³/mol. The van der Waals surface area contributed by atoms with E-state index in [1.54, 1.807) is 11.3 Å². The number of imide groups is 1. The van der Waals surface area contributed by atoms with Crippen LogP contribution in [0.15, 0.2) is 121 Å². The van der Waals surface area contributed by atoms with Crippen LogP contribution in [0.2, 0.25) is 0 Å². The third-order valence-electron chi connectivity index (χ3n) is 10.4. The Morgan fingerprint density at radius 1 is 0.782 bits per heavy atom. The highest BCUT2D eigenvalue weighted by Crippen LogP contribution is 2.42. The number of fused-ring (bicyclic) bond motifs is 1. The quantitative estimate of drug-likeness (QED) is 0.127. The molecule has 0 spiro atoms. The lowest BCUT2D eigenvalue weighted by Gasteiger charge is -2.21. The molecule has 1 atom stereocenters. The average molecular weight is 752 g/mol. The standard InChI is InChI=1S/C46H45N3O5S/c1-32-24-35(14-15-37(32)28-48-22-8-9-23-48)25-42-41-21-20-40(52-29-33-10-4-2-5-11-33)26-43(41)55-44(42)36-16-18-39(19-17-36)53-31-38-27-47-45(50)49(38)46(51)54-30-34-12-6-3-7-13-34/h2-7,10-21,24,26,38H,8-9,22-23,25,27-31H2,1H3,(H,47,50). The minimum absolute atomic E-state index is 0.0872. The van der Waals surface area contributed by atoms with Gasteiger partial charge in [0.15, 0.2) is 0 Å². The monoisotopic (exact) mass is 751 g/mol. The van der Waals surface area contributed by atoms with E-state index in [1.165, 1.54) is 63.1 Å². The van der Waals surface area contributed by atoms with Crippen molar-refractivity contribution in [1.29, 1.82) is 0 Å². The molecular weight excluding hydrogens is 707 g/mol. The second-order valence-electron chi connectivity index (χ2n) is 14.3. The molecule has 3 heterocycles. The topological polar surface area (TPSA) is 80.3 Å². The molecular formula is C46H45N3O5S. The Labute approximate surface area is 326 Å². The number of hydrogen-bond donors (Lipinski definition) is 1. The zero-order valence-electron chi connectivity index (χ0n) is 31.0. The maximum absolute atomic E-state index is 12.9. The van der Waals surface area contributed by atoms with E-state index in [4.69, 9.17) is 14.2 Å². The molecule has 2 aliphatic rings. The normalized spacial score (nSPS) is 15.7. The molecule has 8 nitrogen and oxygen atoms in total. The number of amides is 3. The van der Waals surface area contributed by atoms with Gasteiger partial charge in [-0.05, 0) is 126 Å². The van der Waals surface area contributed by atoms with Crippen molar-refractivity contribution in [2.45, 2.75) is 52.0 Å². The van der Waals surface area contributed by atoms with Gasteiger partial charge in [0.1, 0.15) is 31.3 Å². The molecule has 3 amide bonds. The Kier molecular flexibility index (Phi) is 11.1. The number of hydrogen-bond acceptors (Lipinski definition) is 7. The van der Waals surface area contributed by atoms with Crippen LogP contribution in [-0.2, 0) is 30.9 Å². The van der Waals surface area contributed by atoms with Gasteiger partial charge in [0.05, 0.1) is 6.04 Å². The summed E-state index contributed by atoms with van der Waals surface area (Å²) in [6.07, 6.45) is 2.70. The summed E-state index contributed by atoms with van der Waals surface area (Å²) in [5.41, 5.74) is 8.40. The smallest absolute Gasteiger partial charge is 0.418 e. The molecule has 0 radical (unpaired) electrons. The minimum atomic E-state index is -0.690. The first-order valence-corrected chi connectivity index (χ1v) is 19.8. The third kappa shape index (κ3) is 8.69. The van der Waals surface area contributed by atoms with E-state index in [-0.39, 0.29) is 19.8 Å². The van der Waals surface area contributed by atoms with Crippen LogP contribution in [0.5, 0.6) is 11.5 Å². The molecule has 2 fully saturated rings. The van der Waals surface area contributed by atoms with E-state index < -0.39 is 18.2 Å². The van der Waals surface area contributed by atoms with Gasteiger partial charge in [-0.25, -0.2) is 14.5 Å². The van der Waals surface area contributed by atoms with Gasteiger partial charge in [-0.3, -0.25) is 4.90 Å². The highest BCUT2D eigenvalue weighted by Gasteiger charge is 2.37. The number of thiophene rings is 1. The molecule has 280 valence electrons. The van der Waals surface area contributed by atoms with Crippen LogP contribution in [0.1, 0.15) is 46.2 Å². The maximum atomic E-state index is 12.9. The summed E-state index contributed by atoms with van der Waals surface area (Å²) in [5.74, 6) is 1.50. The van der Waals surface area contributed by atoms with Crippen molar-refractivity contribution in [2.24, 2.45) is 0 Å². The van der Waals surface area contributed by atoms with E-state index in [0.717, 1.165) is 40.3 Å². The van der Waals surface area contributed by atoms with Crippen molar-refractivity contribution >= 4 is 33.5 Å². The SMILES string of the molecule is Cc1cc(Cc2c(-c3ccc(OCC4CNC(=O)N4C(=O)OCc4ccccc4)cc3)sc3cc(OCc4ccccc4)ccc23)ccc1CN1CCCC1. The highest BCUT2D eigenvalue weighted by molar-refractivity contribution is 7.22. The molecule has 0 aliphatic carbocycles. The van der Waals surface area contributed by atoms with Crippen LogP contribution >= 0.6 is 11.3 Å². The number of nitrogens with zero attached hydrogens (tertiary/aromatic N) is 2. The number of nitrogens with one attached hydrogen (secondary N) is 1. The lowest BCUT2D eigenvalue weighted by molar-refractivity contribution is 0.0928. The fraction of sp³-hybridized carbons (Fsp3) is 0.261. The number of ether oxygens (including phenoxy) is 3. The molecule has 9 heteroatoms. The van der Waals surface area contributed by atoms with Crippen LogP contribution in [-0.4, -0.2) is 54.2 Å². The molecule has 1 unspecified atom stereocenters. The summed E-state index contributed by atoms with van der Waals surface area (Å²) in [6, 6.07) is 40.1.